The summed E-state index contributed by atoms with van der Waals surface area (Å²) in [6.45, 7) is 4.14. The van der Waals surface area contributed by atoms with Crippen LogP contribution in [0, 0.1) is 13.8 Å². The SMILES string of the molecule is Cc1ccc(C(N)c2cnn(C)c2C)s1. The summed E-state index contributed by atoms with van der Waals surface area (Å²) in [5, 5.41) is 4.21. The first kappa shape index (κ1) is 10.4. The van der Waals surface area contributed by atoms with Crippen molar-refractivity contribution < 1.29 is 0 Å². The number of rotatable bonds is 2. The summed E-state index contributed by atoms with van der Waals surface area (Å²) in [6, 6.07) is 4.15. The van der Waals surface area contributed by atoms with Gasteiger partial charge in [-0.3, -0.25) is 4.68 Å². The van der Waals surface area contributed by atoms with Crippen LogP contribution in [0.5, 0.6) is 0 Å². The fourth-order valence-corrected chi connectivity index (χ4v) is 2.49. The van der Waals surface area contributed by atoms with Crippen LogP contribution in [0.2, 0.25) is 0 Å². The van der Waals surface area contributed by atoms with Gasteiger partial charge in [-0.1, -0.05) is 0 Å². The number of nitrogens with two attached hydrogens (primary N) is 1. The average Bonchev–Trinajstić information content (AvgIpc) is 2.75. The van der Waals surface area contributed by atoms with Crippen LogP contribution in [0.1, 0.15) is 27.1 Å². The first-order chi connectivity index (χ1) is 7.09. The van der Waals surface area contributed by atoms with Gasteiger partial charge in [0.1, 0.15) is 0 Å². The molecule has 0 saturated carbocycles. The number of aromatic nitrogens is 2. The maximum absolute atomic E-state index is 6.20. The monoisotopic (exact) mass is 221 g/mol. The summed E-state index contributed by atoms with van der Waals surface area (Å²) in [4.78, 5) is 2.49. The fourth-order valence-electron chi connectivity index (χ4n) is 1.59. The van der Waals surface area contributed by atoms with Crippen molar-refractivity contribution in [1.29, 1.82) is 0 Å². The van der Waals surface area contributed by atoms with Gasteiger partial charge in [0.15, 0.2) is 0 Å². The van der Waals surface area contributed by atoms with E-state index in [0.717, 1.165) is 11.3 Å². The molecule has 2 N–H and O–H groups in total. The van der Waals surface area contributed by atoms with Gasteiger partial charge in [0.2, 0.25) is 0 Å². The average molecular weight is 221 g/mol. The Morgan fingerprint density at radius 3 is 2.60 bits per heavy atom. The van der Waals surface area contributed by atoms with Crippen molar-refractivity contribution >= 4 is 11.3 Å². The lowest BCUT2D eigenvalue weighted by molar-refractivity contribution is 0.734. The van der Waals surface area contributed by atoms with Crippen LogP contribution in [0.15, 0.2) is 18.3 Å². The molecule has 0 spiro atoms. The molecule has 1 unspecified atom stereocenters. The maximum Gasteiger partial charge on any atom is 0.0679 e. The van der Waals surface area contributed by atoms with Crippen molar-refractivity contribution in [3.05, 3.63) is 39.3 Å². The summed E-state index contributed by atoms with van der Waals surface area (Å²) < 4.78 is 1.86. The van der Waals surface area contributed by atoms with Crippen LogP contribution in [-0.2, 0) is 7.05 Å². The molecule has 4 heteroatoms. The topological polar surface area (TPSA) is 43.8 Å². The molecule has 2 aromatic rings. The highest BCUT2D eigenvalue weighted by molar-refractivity contribution is 7.12. The van der Waals surface area contributed by atoms with Gasteiger partial charge in [-0.15, -0.1) is 11.3 Å². The van der Waals surface area contributed by atoms with Crippen LogP contribution in [-0.4, -0.2) is 9.78 Å². The number of thiophene rings is 1. The van der Waals surface area contributed by atoms with Crippen molar-refractivity contribution in [2.24, 2.45) is 12.8 Å². The van der Waals surface area contributed by atoms with Crippen LogP contribution in [0.25, 0.3) is 0 Å². The van der Waals surface area contributed by atoms with E-state index in [9.17, 15) is 0 Å². The predicted octanol–water partition coefficient (Wildman–Crippen LogP) is 2.15. The second kappa shape index (κ2) is 3.79. The molecule has 1 atom stereocenters. The van der Waals surface area contributed by atoms with Gasteiger partial charge in [0, 0.05) is 28.1 Å². The lowest BCUT2D eigenvalue weighted by atomic mass is 10.1. The Morgan fingerprint density at radius 2 is 2.13 bits per heavy atom. The molecule has 2 aromatic heterocycles. The summed E-state index contributed by atoms with van der Waals surface area (Å²) in [7, 11) is 1.94. The van der Waals surface area contributed by atoms with E-state index in [1.165, 1.54) is 9.75 Å². The van der Waals surface area contributed by atoms with E-state index in [1.54, 1.807) is 11.3 Å². The molecule has 15 heavy (non-hydrogen) atoms. The van der Waals surface area contributed by atoms with Gasteiger partial charge in [-0.05, 0) is 26.0 Å². The number of nitrogens with zero attached hydrogens (tertiary/aromatic N) is 2. The molecule has 0 radical (unpaired) electrons. The van der Waals surface area contributed by atoms with Crippen LogP contribution >= 0.6 is 11.3 Å². The van der Waals surface area contributed by atoms with Gasteiger partial charge >= 0.3 is 0 Å². The first-order valence-corrected chi connectivity index (χ1v) is 5.71. The molecule has 0 aliphatic carbocycles. The number of hydrogen-bond acceptors (Lipinski definition) is 3. The van der Waals surface area contributed by atoms with E-state index in [1.807, 2.05) is 24.9 Å². The molecule has 0 aliphatic rings. The highest BCUT2D eigenvalue weighted by Crippen LogP contribution is 2.27. The molecule has 3 nitrogen and oxygen atoms in total. The van der Waals surface area contributed by atoms with Crippen molar-refractivity contribution in [2.75, 3.05) is 0 Å². The number of hydrogen-bond donors (Lipinski definition) is 1. The second-order valence-corrected chi connectivity index (χ2v) is 5.05. The molecule has 0 amide bonds. The van der Waals surface area contributed by atoms with Crippen molar-refractivity contribution in [3.8, 4) is 0 Å². The van der Waals surface area contributed by atoms with Crippen LogP contribution in [0.3, 0.4) is 0 Å². The van der Waals surface area contributed by atoms with E-state index in [4.69, 9.17) is 5.73 Å². The molecule has 80 valence electrons. The smallest absolute Gasteiger partial charge is 0.0679 e. The Labute approximate surface area is 93.5 Å². The Bertz CT molecular complexity index is 470. The van der Waals surface area contributed by atoms with Crippen molar-refractivity contribution in [2.45, 2.75) is 19.9 Å². The standard InChI is InChI=1S/C11H15N3S/c1-7-4-5-10(15-7)11(12)9-6-13-14(3)8(9)2/h4-6,11H,12H2,1-3H3. The van der Waals surface area contributed by atoms with Gasteiger partial charge in [0.05, 0.1) is 12.2 Å². The Hall–Kier alpha value is -1.13. The van der Waals surface area contributed by atoms with Gasteiger partial charge in [-0.25, -0.2) is 0 Å². The predicted molar refractivity (Wildman–Crippen MR) is 63.0 cm³/mol. The third kappa shape index (κ3) is 1.82. The lowest BCUT2D eigenvalue weighted by Crippen LogP contribution is -2.11. The lowest BCUT2D eigenvalue weighted by Gasteiger charge is -2.08. The van der Waals surface area contributed by atoms with Gasteiger partial charge < -0.3 is 5.73 Å². The van der Waals surface area contributed by atoms with Crippen molar-refractivity contribution in [3.63, 3.8) is 0 Å². The fraction of sp³-hybridized carbons (Fsp3) is 0.364. The Balaban J connectivity index is 2.36. The summed E-state index contributed by atoms with van der Waals surface area (Å²) in [6.07, 6.45) is 1.86. The van der Waals surface area contributed by atoms with E-state index < -0.39 is 0 Å². The first-order valence-electron chi connectivity index (χ1n) is 4.90. The molecule has 0 aromatic carbocycles. The molecule has 2 rings (SSSR count). The molecular weight excluding hydrogens is 206 g/mol. The molecule has 0 bridgehead atoms. The molecule has 0 fully saturated rings. The minimum Gasteiger partial charge on any atom is -0.320 e. The quantitative estimate of drug-likeness (QED) is 0.844. The Kier molecular flexibility index (Phi) is 2.63. The largest absolute Gasteiger partial charge is 0.320 e. The highest BCUT2D eigenvalue weighted by Gasteiger charge is 2.15. The molecule has 0 saturated heterocycles. The van der Waals surface area contributed by atoms with Gasteiger partial charge in [0.25, 0.3) is 0 Å². The normalized spacial score (nSPS) is 13.1. The van der Waals surface area contributed by atoms with E-state index >= 15 is 0 Å². The highest BCUT2D eigenvalue weighted by atomic mass is 32.1. The summed E-state index contributed by atoms with van der Waals surface area (Å²) in [5.74, 6) is 0. The summed E-state index contributed by atoms with van der Waals surface area (Å²) in [5.41, 5.74) is 8.44. The van der Waals surface area contributed by atoms with Crippen LogP contribution in [0.4, 0.5) is 0 Å². The van der Waals surface area contributed by atoms with Gasteiger partial charge in [-0.2, -0.15) is 5.10 Å². The Morgan fingerprint density at radius 1 is 1.40 bits per heavy atom. The van der Waals surface area contributed by atoms with Crippen LogP contribution < -0.4 is 5.73 Å². The molecule has 0 aliphatic heterocycles. The zero-order valence-corrected chi connectivity index (χ0v) is 10.0. The van der Waals surface area contributed by atoms with Crippen molar-refractivity contribution in [1.82, 2.24) is 9.78 Å². The zero-order valence-electron chi connectivity index (χ0n) is 9.19. The minimum atomic E-state index is -0.0441. The van der Waals surface area contributed by atoms with E-state index in [-0.39, 0.29) is 6.04 Å². The van der Waals surface area contributed by atoms with E-state index in [2.05, 4.69) is 24.2 Å². The van der Waals surface area contributed by atoms with E-state index in [0.29, 0.717) is 0 Å². The molecular formula is C11H15N3S. The number of aryl methyl sites for hydroxylation is 2. The maximum atomic E-state index is 6.20. The zero-order chi connectivity index (χ0) is 11.0. The minimum absolute atomic E-state index is 0.0441. The third-order valence-corrected chi connectivity index (χ3v) is 3.76. The molecule has 2 heterocycles. The third-order valence-electron chi connectivity index (χ3n) is 2.68. The second-order valence-electron chi connectivity index (χ2n) is 3.74. The summed E-state index contributed by atoms with van der Waals surface area (Å²) >= 11 is 1.75.